The molecule has 0 heterocycles. The first-order valence-corrected chi connectivity index (χ1v) is 15.7. The molecule has 0 amide bonds. The Morgan fingerprint density at radius 3 is 2.00 bits per heavy atom. The lowest BCUT2D eigenvalue weighted by atomic mass is 9.80. The molecule has 37 heavy (non-hydrogen) atoms. The number of hydrogen-bond acceptors (Lipinski definition) is 0. The monoisotopic (exact) mass is 498 g/mol. The van der Waals surface area contributed by atoms with Gasteiger partial charge in [-0.25, -0.2) is 0 Å². The van der Waals surface area contributed by atoms with Gasteiger partial charge in [0.15, 0.2) is 0 Å². The van der Waals surface area contributed by atoms with Crippen LogP contribution in [-0.4, -0.2) is 0 Å². The van der Waals surface area contributed by atoms with E-state index in [4.69, 9.17) is 0 Å². The van der Waals surface area contributed by atoms with Crippen LogP contribution in [0.4, 0.5) is 0 Å². The van der Waals surface area contributed by atoms with Crippen molar-refractivity contribution in [2.24, 2.45) is 17.3 Å². The zero-order chi connectivity index (χ0) is 26.6. The number of allylic oxidation sites excluding steroid dienone is 12. The smallest absolute Gasteiger partial charge is 0.0152 e. The van der Waals surface area contributed by atoms with Crippen LogP contribution in [-0.2, 0) is 0 Å². The van der Waals surface area contributed by atoms with Crippen molar-refractivity contribution in [2.75, 3.05) is 0 Å². The molecule has 0 radical (unpaired) electrons. The fraction of sp³-hybridized carbons (Fsp3) is 0.622. The first kappa shape index (κ1) is 28.2. The molecule has 0 aromatic heterocycles. The van der Waals surface area contributed by atoms with Crippen LogP contribution >= 0.6 is 0 Å². The lowest BCUT2D eigenvalue weighted by Gasteiger charge is -2.23. The van der Waals surface area contributed by atoms with E-state index in [1.54, 1.807) is 27.9 Å². The first-order chi connectivity index (χ1) is 17.7. The van der Waals surface area contributed by atoms with Crippen LogP contribution < -0.4 is 0 Å². The molecule has 0 N–H and O–H groups in total. The Labute approximate surface area is 229 Å². The number of fused-ring (bicyclic) bond motifs is 1. The summed E-state index contributed by atoms with van der Waals surface area (Å²) in [5.41, 5.74) is 13.9. The minimum atomic E-state index is 0.148. The summed E-state index contributed by atoms with van der Waals surface area (Å²) >= 11 is 0. The molecular formula is C37H54. The van der Waals surface area contributed by atoms with Crippen molar-refractivity contribution in [1.82, 2.24) is 0 Å². The molecule has 0 saturated heterocycles. The maximum absolute atomic E-state index is 4.58. The van der Waals surface area contributed by atoms with E-state index in [0.717, 1.165) is 19.3 Å². The predicted molar refractivity (Wildman–Crippen MR) is 164 cm³/mol. The highest BCUT2D eigenvalue weighted by molar-refractivity contribution is 5.69. The molecule has 1 fully saturated rings. The summed E-state index contributed by atoms with van der Waals surface area (Å²) in [5.74, 6) is 1.15. The van der Waals surface area contributed by atoms with Gasteiger partial charge >= 0.3 is 0 Å². The van der Waals surface area contributed by atoms with Gasteiger partial charge in [0.05, 0.1) is 0 Å². The Morgan fingerprint density at radius 1 is 0.811 bits per heavy atom. The molecule has 0 bridgehead atoms. The second-order valence-corrected chi connectivity index (χ2v) is 13.3. The quantitative estimate of drug-likeness (QED) is 0.165. The minimum Gasteiger partial charge on any atom is -0.0989 e. The Hall–Kier alpha value is -1.82. The van der Waals surface area contributed by atoms with E-state index in [-0.39, 0.29) is 5.41 Å². The lowest BCUT2D eigenvalue weighted by molar-refractivity contribution is 0.529. The molecule has 0 nitrogen and oxygen atoms in total. The van der Waals surface area contributed by atoms with Crippen molar-refractivity contribution in [3.8, 4) is 0 Å². The van der Waals surface area contributed by atoms with Gasteiger partial charge in [0.25, 0.3) is 0 Å². The van der Waals surface area contributed by atoms with Crippen LogP contribution in [0.2, 0.25) is 0 Å². The van der Waals surface area contributed by atoms with Crippen molar-refractivity contribution in [3.63, 3.8) is 0 Å². The van der Waals surface area contributed by atoms with Gasteiger partial charge in [-0.15, -0.1) is 0 Å². The maximum atomic E-state index is 4.58. The van der Waals surface area contributed by atoms with E-state index in [9.17, 15) is 0 Å². The first-order valence-electron chi connectivity index (χ1n) is 15.7. The highest BCUT2D eigenvalue weighted by atomic mass is 14.5. The standard InChI is InChI=1S/C37H54/c1-8-9-10-11-12-13-14-15-16-17-18-19-32-27(4)20-31(28(32)5)21-29-22-33-34-24-30(26(2)3)25-36(34)37(6,7)35(33)23-29/h21,23,25-26,32H,4-5,8-20,22,24H2,1-3,6-7H3/b31-21+. The van der Waals surface area contributed by atoms with Crippen molar-refractivity contribution in [3.05, 3.63) is 81.5 Å². The second kappa shape index (κ2) is 12.4. The van der Waals surface area contributed by atoms with Gasteiger partial charge in [0.1, 0.15) is 0 Å². The summed E-state index contributed by atoms with van der Waals surface area (Å²) in [7, 11) is 0. The summed E-state index contributed by atoms with van der Waals surface area (Å²) in [6.07, 6.45) is 27.5. The van der Waals surface area contributed by atoms with E-state index in [1.807, 2.05) is 0 Å². The highest BCUT2D eigenvalue weighted by Crippen LogP contribution is 2.57. The third-order valence-electron chi connectivity index (χ3n) is 9.72. The Balaban J connectivity index is 1.22. The normalized spacial score (nSPS) is 23.6. The van der Waals surface area contributed by atoms with Crippen LogP contribution in [0.3, 0.4) is 0 Å². The molecule has 4 aliphatic carbocycles. The molecule has 1 unspecified atom stereocenters. The van der Waals surface area contributed by atoms with Gasteiger partial charge in [-0.05, 0) is 70.6 Å². The molecule has 4 rings (SSSR count). The van der Waals surface area contributed by atoms with Gasteiger partial charge in [-0.3, -0.25) is 0 Å². The zero-order valence-electron chi connectivity index (χ0n) is 24.9. The predicted octanol–water partition coefficient (Wildman–Crippen LogP) is 11.7. The van der Waals surface area contributed by atoms with Crippen LogP contribution in [0.25, 0.3) is 0 Å². The molecular weight excluding hydrogens is 444 g/mol. The SMILES string of the molecule is C=C1C/C(=C\C2=CC3=C(C2)C2=C(C=C(C(C)C)C2)C3(C)C)C(=C)C1CCCCCCCCCCCCC. The van der Waals surface area contributed by atoms with Crippen molar-refractivity contribution in [2.45, 2.75) is 131 Å². The minimum absolute atomic E-state index is 0.148. The average molecular weight is 499 g/mol. The van der Waals surface area contributed by atoms with E-state index in [0.29, 0.717) is 11.8 Å². The van der Waals surface area contributed by atoms with E-state index < -0.39 is 0 Å². The van der Waals surface area contributed by atoms with E-state index >= 15 is 0 Å². The summed E-state index contributed by atoms with van der Waals surface area (Å²) in [4.78, 5) is 0. The van der Waals surface area contributed by atoms with E-state index in [1.165, 1.54) is 99.3 Å². The maximum Gasteiger partial charge on any atom is 0.0152 e. The molecule has 0 heteroatoms. The molecule has 0 aromatic carbocycles. The molecule has 0 aliphatic heterocycles. The third-order valence-corrected chi connectivity index (χ3v) is 9.72. The van der Waals surface area contributed by atoms with Crippen LogP contribution in [0.15, 0.2) is 81.5 Å². The zero-order valence-corrected chi connectivity index (χ0v) is 24.9. The van der Waals surface area contributed by atoms with Crippen LogP contribution in [0.5, 0.6) is 0 Å². The molecule has 4 aliphatic rings. The van der Waals surface area contributed by atoms with Crippen LogP contribution in [0.1, 0.15) is 131 Å². The van der Waals surface area contributed by atoms with Gasteiger partial charge in [0.2, 0.25) is 0 Å². The highest BCUT2D eigenvalue weighted by Gasteiger charge is 2.42. The average Bonchev–Trinajstić information content (AvgIpc) is 3.58. The van der Waals surface area contributed by atoms with Crippen molar-refractivity contribution < 1.29 is 0 Å². The fourth-order valence-electron chi connectivity index (χ4n) is 7.22. The summed E-state index contributed by atoms with van der Waals surface area (Å²) < 4.78 is 0. The summed E-state index contributed by atoms with van der Waals surface area (Å²) in [5, 5.41) is 0. The number of unbranched alkanes of at least 4 members (excludes halogenated alkanes) is 10. The molecule has 1 saturated carbocycles. The third kappa shape index (κ3) is 6.26. The van der Waals surface area contributed by atoms with E-state index in [2.05, 4.69) is 66.0 Å². The largest absolute Gasteiger partial charge is 0.0989 e. The topological polar surface area (TPSA) is 0 Å². The fourth-order valence-corrected chi connectivity index (χ4v) is 7.22. The molecule has 0 spiro atoms. The summed E-state index contributed by atoms with van der Waals surface area (Å²) in [6, 6.07) is 0. The summed E-state index contributed by atoms with van der Waals surface area (Å²) in [6.45, 7) is 20.9. The Kier molecular flexibility index (Phi) is 9.42. The van der Waals surface area contributed by atoms with Gasteiger partial charge in [-0.1, -0.05) is 148 Å². The lowest BCUT2D eigenvalue weighted by Crippen LogP contribution is -2.12. The van der Waals surface area contributed by atoms with Crippen LogP contribution in [0, 0.1) is 17.3 Å². The van der Waals surface area contributed by atoms with Crippen molar-refractivity contribution in [1.29, 1.82) is 0 Å². The van der Waals surface area contributed by atoms with Crippen molar-refractivity contribution >= 4 is 0 Å². The second-order valence-electron chi connectivity index (χ2n) is 13.3. The molecule has 0 aromatic rings. The van der Waals surface area contributed by atoms with Gasteiger partial charge in [-0.2, -0.15) is 0 Å². The number of hydrogen-bond donors (Lipinski definition) is 0. The molecule has 1 atom stereocenters. The Morgan fingerprint density at radius 2 is 1.38 bits per heavy atom. The van der Waals surface area contributed by atoms with Gasteiger partial charge < -0.3 is 0 Å². The van der Waals surface area contributed by atoms with Gasteiger partial charge in [0, 0.05) is 11.3 Å². The Bertz CT molecular complexity index is 1040. The molecule has 202 valence electrons. The number of rotatable bonds is 14.